The molecule has 7 nitrogen and oxygen atoms in total. The van der Waals surface area contributed by atoms with Crippen molar-refractivity contribution in [1.29, 1.82) is 10.8 Å². The molecule has 120 valence electrons. The number of benzene rings is 1. The summed E-state index contributed by atoms with van der Waals surface area (Å²) in [7, 11) is 0. The maximum Gasteiger partial charge on any atom is 0.145 e. The van der Waals surface area contributed by atoms with Gasteiger partial charge in [0.25, 0.3) is 0 Å². The van der Waals surface area contributed by atoms with Crippen LogP contribution in [0.2, 0.25) is 0 Å². The van der Waals surface area contributed by atoms with Crippen LogP contribution in [0.15, 0.2) is 60.9 Å². The molecule has 0 radical (unpaired) electrons. The molecule has 2 heterocycles. The van der Waals surface area contributed by atoms with E-state index in [1.807, 2.05) is 0 Å². The molecule has 0 unspecified atom stereocenters. The van der Waals surface area contributed by atoms with Gasteiger partial charge in [-0.05, 0) is 42.5 Å². The quantitative estimate of drug-likeness (QED) is 0.285. The topological polar surface area (TPSA) is 130 Å². The van der Waals surface area contributed by atoms with Crippen molar-refractivity contribution in [2.75, 3.05) is 16.9 Å². The Morgan fingerprint density at radius 1 is 1.08 bits per heavy atom. The average Bonchev–Trinajstić information content (AvgIpc) is 2.61. The number of aromatic nitrogens is 2. The molecule has 0 aliphatic carbocycles. The maximum atomic E-state index is 8.37. The SMILES string of the molecule is N=C(c1ccncc1)c1cc(Nc2cccc(=N)n2N)ccc1N. The molecule has 0 saturated carbocycles. The van der Waals surface area contributed by atoms with Crippen molar-refractivity contribution in [3.8, 4) is 0 Å². The first-order valence-corrected chi connectivity index (χ1v) is 7.24. The Bertz CT molecular complexity index is 945. The van der Waals surface area contributed by atoms with Gasteiger partial charge in [0.2, 0.25) is 0 Å². The summed E-state index contributed by atoms with van der Waals surface area (Å²) in [5.41, 5.74) is 9.10. The van der Waals surface area contributed by atoms with Crippen LogP contribution in [0.1, 0.15) is 11.1 Å². The first-order chi connectivity index (χ1) is 11.6. The summed E-state index contributed by atoms with van der Waals surface area (Å²) in [5.74, 6) is 6.41. The van der Waals surface area contributed by atoms with E-state index >= 15 is 0 Å². The highest BCUT2D eigenvalue weighted by Gasteiger charge is 2.10. The van der Waals surface area contributed by atoms with Crippen LogP contribution in [0, 0.1) is 10.8 Å². The van der Waals surface area contributed by atoms with Crippen LogP contribution in [0.25, 0.3) is 0 Å². The Morgan fingerprint density at radius 3 is 2.58 bits per heavy atom. The van der Waals surface area contributed by atoms with Crippen molar-refractivity contribution in [2.45, 2.75) is 0 Å². The van der Waals surface area contributed by atoms with Crippen LogP contribution < -0.4 is 22.4 Å². The lowest BCUT2D eigenvalue weighted by Crippen LogP contribution is -2.28. The molecule has 3 rings (SSSR count). The third kappa shape index (κ3) is 2.95. The van der Waals surface area contributed by atoms with Gasteiger partial charge in [-0.3, -0.25) is 15.8 Å². The molecule has 0 aliphatic rings. The van der Waals surface area contributed by atoms with E-state index in [1.165, 1.54) is 4.68 Å². The maximum absolute atomic E-state index is 8.37. The number of anilines is 3. The van der Waals surface area contributed by atoms with Crippen molar-refractivity contribution in [3.63, 3.8) is 0 Å². The number of hydrogen-bond donors (Lipinski definition) is 5. The fourth-order valence-electron chi connectivity index (χ4n) is 2.30. The number of nitrogen functional groups attached to an aromatic ring is 2. The third-order valence-corrected chi connectivity index (χ3v) is 3.59. The summed E-state index contributed by atoms with van der Waals surface area (Å²) >= 11 is 0. The molecule has 0 aliphatic heterocycles. The molecular weight excluding hydrogens is 302 g/mol. The highest BCUT2D eigenvalue weighted by atomic mass is 15.3. The molecule has 0 spiro atoms. The van der Waals surface area contributed by atoms with E-state index in [-0.39, 0.29) is 5.49 Å². The molecule has 0 atom stereocenters. The van der Waals surface area contributed by atoms with Crippen LogP contribution in [0.5, 0.6) is 0 Å². The van der Waals surface area contributed by atoms with Crippen LogP contribution >= 0.6 is 0 Å². The fraction of sp³-hybridized carbons (Fsp3) is 0. The van der Waals surface area contributed by atoms with Crippen LogP contribution in [-0.4, -0.2) is 15.4 Å². The smallest absolute Gasteiger partial charge is 0.145 e. The number of nitrogens with one attached hydrogen (secondary N) is 3. The van der Waals surface area contributed by atoms with Gasteiger partial charge in [0.15, 0.2) is 0 Å². The zero-order chi connectivity index (χ0) is 17.1. The van der Waals surface area contributed by atoms with Gasteiger partial charge in [-0.1, -0.05) is 6.07 Å². The molecule has 0 fully saturated rings. The van der Waals surface area contributed by atoms with E-state index < -0.39 is 0 Å². The van der Waals surface area contributed by atoms with E-state index in [2.05, 4.69) is 10.3 Å². The number of nitrogens with two attached hydrogens (primary N) is 2. The second-order valence-corrected chi connectivity index (χ2v) is 5.20. The lowest BCUT2D eigenvalue weighted by atomic mass is 10.0. The van der Waals surface area contributed by atoms with Gasteiger partial charge in [-0.15, -0.1) is 0 Å². The summed E-state index contributed by atoms with van der Waals surface area (Å²) in [5, 5.41) is 19.2. The monoisotopic (exact) mass is 319 g/mol. The molecule has 7 N–H and O–H groups in total. The second-order valence-electron chi connectivity index (χ2n) is 5.20. The predicted octanol–water partition coefficient (Wildman–Crippen LogP) is 1.82. The average molecular weight is 319 g/mol. The highest BCUT2D eigenvalue weighted by Crippen LogP contribution is 2.23. The first-order valence-electron chi connectivity index (χ1n) is 7.24. The summed E-state index contributed by atoms with van der Waals surface area (Å²) in [6.07, 6.45) is 3.28. The van der Waals surface area contributed by atoms with E-state index in [0.717, 1.165) is 11.3 Å². The van der Waals surface area contributed by atoms with E-state index in [9.17, 15) is 0 Å². The number of hydrogen-bond acceptors (Lipinski definition) is 6. The summed E-state index contributed by atoms with van der Waals surface area (Å²) in [4.78, 5) is 3.96. The molecule has 0 saturated heterocycles. The molecule has 0 bridgehead atoms. The number of pyridine rings is 2. The summed E-state index contributed by atoms with van der Waals surface area (Å²) in [6.45, 7) is 0. The van der Waals surface area contributed by atoms with Crippen molar-refractivity contribution >= 4 is 22.9 Å². The fourth-order valence-corrected chi connectivity index (χ4v) is 2.30. The predicted molar refractivity (Wildman–Crippen MR) is 94.7 cm³/mol. The van der Waals surface area contributed by atoms with Crippen LogP contribution in [-0.2, 0) is 0 Å². The van der Waals surface area contributed by atoms with Gasteiger partial charge < -0.3 is 16.9 Å². The van der Waals surface area contributed by atoms with Crippen molar-refractivity contribution < 1.29 is 0 Å². The Kier molecular flexibility index (Phi) is 3.98. The first kappa shape index (κ1) is 15.3. The zero-order valence-corrected chi connectivity index (χ0v) is 12.8. The normalized spacial score (nSPS) is 10.3. The Balaban J connectivity index is 1.96. The van der Waals surface area contributed by atoms with E-state index in [4.69, 9.17) is 22.4 Å². The Hall–Kier alpha value is -3.61. The number of rotatable bonds is 4. The summed E-state index contributed by atoms with van der Waals surface area (Å²) in [6, 6.07) is 14.0. The van der Waals surface area contributed by atoms with Crippen molar-refractivity contribution in [2.24, 2.45) is 0 Å². The molecule has 0 amide bonds. The minimum Gasteiger partial charge on any atom is -0.398 e. The van der Waals surface area contributed by atoms with Gasteiger partial charge in [-0.2, -0.15) is 0 Å². The standard InChI is InChI=1S/C17H17N7/c18-14-5-4-12(23-16-3-1-2-15(19)24(16)21)10-13(14)17(20)11-6-8-22-9-7-11/h1-10,19-20,23H,18,21H2. The van der Waals surface area contributed by atoms with Crippen molar-refractivity contribution in [1.82, 2.24) is 9.66 Å². The lowest BCUT2D eigenvalue weighted by Gasteiger charge is -2.14. The molecule has 7 heteroatoms. The minimum atomic E-state index is 0.181. The molecule has 24 heavy (non-hydrogen) atoms. The van der Waals surface area contributed by atoms with Crippen LogP contribution in [0.3, 0.4) is 0 Å². The van der Waals surface area contributed by atoms with E-state index in [1.54, 1.807) is 60.9 Å². The molecule has 3 aromatic rings. The van der Waals surface area contributed by atoms with E-state index in [0.29, 0.717) is 22.8 Å². The molecular formula is C17H17N7. The third-order valence-electron chi connectivity index (χ3n) is 3.59. The highest BCUT2D eigenvalue weighted by molar-refractivity contribution is 6.14. The second kappa shape index (κ2) is 6.25. The Morgan fingerprint density at radius 2 is 1.83 bits per heavy atom. The van der Waals surface area contributed by atoms with Gasteiger partial charge in [0, 0.05) is 34.9 Å². The zero-order valence-electron chi connectivity index (χ0n) is 12.8. The summed E-state index contributed by atoms with van der Waals surface area (Å²) < 4.78 is 1.24. The largest absolute Gasteiger partial charge is 0.398 e. The van der Waals surface area contributed by atoms with Gasteiger partial charge in [-0.25, -0.2) is 4.68 Å². The van der Waals surface area contributed by atoms with Gasteiger partial charge >= 0.3 is 0 Å². The van der Waals surface area contributed by atoms with Crippen molar-refractivity contribution in [3.05, 3.63) is 77.5 Å². The molecule has 1 aromatic carbocycles. The van der Waals surface area contributed by atoms with Gasteiger partial charge in [0.1, 0.15) is 11.3 Å². The lowest BCUT2D eigenvalue weighted by molar-refractivity contribution is 0.890. The molecule has 2 aromatic heterocycles. The number of nitrogens with zero attached hydrogens (tertiary/aromatic N) is 2. The minimum absolute atomic E-state index is 0.181. The Labute approximate surface area is 138 Å². The van der Waals surface area contributed by atoms with Crippen LogP contribution in [0.4, 0.5) is 17.2 Å². The van der Waals surface area contributed by atoms with Gasteiger partial charge in [0.05, 0.1) is 5.71 Å².